The molecule has 128 heavy (non-hydrogen) atoms. The van der Waals surface area contributed by atoms with E-state index in [1.807, 2.05) is 142 Å². The lowest BCUT2D eigenvalue weighted by Gasteiger charge is -2.58. The van der Waals surface area contributed by atoms with E-state index in [0.717, 1.165) is 42.0 Å². The molecule has 0 N–H and O–H groups in total. The van der Waals surface area contributed by atoms with E-state index in [-0.39, 0.29) is 11.2 Å². The molecule has 2 aromatic carbocycles. The quantitative estimate of drug-likeness (QED) is 0.0283. The lowest BCUT2D eigenvalue weighted by molar-refractivity contribution is 0.103. The van der Waals surface area contributed by atoms with Crippen LogP contribution in [0, 0.1) is 16.2 Å². The van der Waals surface area contributed by atoms with Gasteiger partial charge in [-0.1, -0.05) is 200 Å². The zero-order chi connectivity index (χ0) is 87.4. The number of carbonyl (C=O) groups is 1. The van der Waals surface area contributed by atoms with Crippen molar-refractivity contribution in [1.29, 1.82) is 0 Å². The number of thiophene rings is 14. The molecule has 14 aromatic heterocycles. The van der Waals surface area contributed by atoms with Crippen molar-refractivity contribution < 1.29 is 4.79 Å². The van der Waals surface area contributed by atoms with Gasteiger partial charge in [-0.2, -0.15) is 0 Å². The predicted octanol–water partition coefficient (Wildman–Crippen LogP) is 40.7. The normalized spacial score (nSPS) is 16.2. The highest BCUT2D eigenvalue weighted by Crippen LogP contribution is 2.71. The van der Waals surface area contributed by atoms with Crippen molar-refractivity contribution in [2.75, 3.05) is 0 Å². The average molecular weight is 1930 g/mol. The fourth-order valence-corrected chi connectivity index (χ4v) is 35.0. The molecule has 16 aromatic rings. The Hall–Kier alpha value is -7.65. The highest BCUT2D eigenvalue weighted by molar-refractivity contribution is 7.33. The van der Waals surface area contributed by atoms with Crippen molar-refractivity contribution in [2.45, 2.75) is 191 Å². The highest BCUT2D eigenvalue weighted by Gasteiger charge is 2.60. The first-order chi connectivity index (χ1) is 62.5. The summed E-state index contributed by atoms with van der Waals surface area (Å²) in [7, 11) is 0. The maximum absolute atomic E-state index is 15.7. The topological polar surface area (TPSA) is 17.1 Å². The molecule has 20 rings (SSSR count). The fraction of sp³-hybridized carbons (Fsp3) is 0.283. The summed E-state index contributed by atoms with van der Waals surface area (Å²) in [5.41, 5.74) is 15.5. The summed E-state index contributed by atoms with van der Waals surface area (Å²) < 4.78 is 0. The number of carbonyl (C=O) groups excluding carboxylic acids is 1. The molecule has 0 amide bonds. The van der Waals surface area contributed by atoms with Gasteiger partial charge in [0, 0.05) is 149 Å². The first kappa shape index (κ1) is 88.3. The van der Waals surface area contributed by atoms with E-state index in [0.29, 0.717) is 5.56 Å². The molecular formula is C113H106OS14. The molecule has 1 nitrogen and oxygen atoms in total. The minimum Gasteiger partial charge on any atom is -0.289 e. The highest BCUT2D eigenvalue weighted by atomic mass is 32.2. The van der Waals surface area contributed by atoms with Crippen LogP contribution < -0.4 is 0 Å². The molecule has 0 fully saturated rings. The van der Waals surface area contributed by atoms with Crippen LogP contribution in [0.2, 0.25) is 0 Å². The molecule has 4 aliphatic rings. The first-order valence-corrected chi connectivity index (χ1v) is 57.6. The zero-order valence-electron chi connectivity index (χ0n) is 74.3. The number of allylic oxidation sites excluding steroid dienone is 14. The summed E-state index contributed by atoms with van der Waals surface area (Å²) >= 11 is 27.2. The molecule has 0 saturated heterocycles. The second kappa shape index (κ2) is 38.1. The lowest BCUT2D eigenvalue weighted by Crippen LogP contribution is -2.49. The maximum atomic E-state index is 15.7. The SMILES string of the molecule is CCCCCCc1c(-c2ccc(-c3ccc(-c4cccs4)s3)s2)sc(-c2ccc(-c3ccc(-c4ccc(C5=CC6=CC(C(C)(C)C)=CC7=C(c8ccc(-c9ccc(-c%10ccc(-c%11sc(-c%12ccc(-c%13ccc(-c%14cccs%14)s%13)s%12)c(CCCCCC)c%11CCCCCC)s%10)s9)s8)C=C8C=C(C(=O)c9ccc%10ccccc%10c9)C=C5[C@]8(C)[C@@]67C)s4)s3)s2)c1CCCCCC. The van der Waals surface area contributed by atoms with Crippen LogP contribution in [0.15, 0.2) is 269 Å². The molecule has 0 radical (unpaired) electrons. The third kappa shape index (κ3) is 17.3. The van der Waals surface area contributed by atoms with Crippen LogP contribution in [0.3, 0.4) is 0 Å². The Bertz CT molecular complexity index is 6980. The zero-order valence-corrected chi connectivity index (χ0v) is 85.7. The van der Waals surface area contributed by atoms with Crippen molar-refractivity contribution in [3.8, 4) is 117 Å². The van der Waals surface area contributed by atoms with E-state index < -0.39 is 10.8 Å². The summed E-state index contributed by atoms with van der Waals surface area (Å²) in [4.78, 5) is 51.0. The number of rotatable bonds is 36. The lowest BCUT2D eigenvalue weighted by atomic mass is 9.44. The molecule has 0 bridgehead atoms. The van der Waals surface area contributed by atoms with Crippen molar-refractivity contribution in [1.82, 2.24) is 0 Å². The van der Waals surface area contributed by atoms with Gasteiger partial charge in [-0.3, -0.25) is 4.79 Å². The van der Waals surface area contributed by atoms with Crippen molar-refractivity contribution in [2.24, 2.45) is 16.2 Å². The fourth-order valence-electron chi connectivity index (χ4n) is 19.4. The van der Waals surface area contributed by atoms with Gasteiger partial charge in [-0.05, 0) is 303 Å². The van der Waals surface area contributed by atoms with Crippen molar-refractivity contribution in [3.63, 3.8) is 0 Å². The van der Waals surface area contributed by atoms with Gasteiger partial charge in [-0.15, -0.1) is 159 Å². The molecule has 0 unspecified atom stereocenters. The van der Waals surface area contributed by atoms with Crippen LogP contribution in [-0.2, 0) is 25.7 Å². The molecular weight excluding hydrogens is 1820 g/mol. The Kier molecular flexibility index (Phi) is 26.3. The van der Waals surface area contributed by atoms with Gasteiger partial charge in [0.25, 0.3) is 0 Å². The van der Waals surface area contributed by atoms with Crippen LogP contribution in [-0.4, -0.2) is 5.78 Å². The number of unbranched alkanes of at least 4 members (excludes halogenated alkanes) is 12. The number of benzene rings is 2. The third-order valence-corrected chi connectivity index (χ3v) is 44.1. The van der Waals surface area contributed by atoms with Gasteiger partial charge in [-0.25, -0.2) is 0 Å². The molecule has 14 heterocycles. The largest absolute Gasteiger partial charge is 0.289 e. The molecule has 0 saturated carbocycles. The summed E-state index contributed by atoms with van der Waals surface area (Å²) in [5.74, 6) is 0.0444. The standard InChI is InChI=1S/C113H106OS14/c1-10-14-18-22-32-76-78(34-24-20-16-12-3)109(127-107(76)102-56-52-98(123-102)94-46-44-88(119-94)86-36-28-60-115-86)104-58-54-100(125-104)96-50-48-92(121-96)90-42-40-84(117-90)80-67-75-65-73(111(5,6)7)68-83-81(66-74-63-72(64-82(80)112(74,8)113(75,83)9)106(114)71-39-38-69-30-26-27-31-70(69)62-71)85-41-43-91(118-85)93-49-51-97(122-93)101-55-59-105(126-101)110-79(35-25-21-17-13-4)77(33-23-19-15-11-2)108(128-110)103-57-53-99(124-103)95-47-45-89(120-95)87-37-29-61-116-87/h26-31,36-68H,10-25,32-35H2,1-9H3/t112-,113+/m1/s1. The Labute approximate surface area is 812 Å². The van der Waals surface area contributed by atoms with E-state index in [9.17, 15) is 0 Å². The van der Waals surface area contributed by atoms with E-state index >= 15 is 4.79 Å². The van der Waals surface area contributed by atoms with Crippen LogP contribution >= 0.6 is 159 Å². The third-order valence-electron chi connectivity index (χ3n) is 26.6. The smallest absolute Gasteiger partial charge is 0.193 e. The van der Waals surface area contributed by atoms with E-state index in [2.05, 4.69) is 314 Å². The van der Waals surface area contributed by atoms with Gasteiger partial charge in [0.15, 0.2) is 5.78 Å². The Morgan fingerprint density at radius 1 is 0.297 bits per heavy atom. The van der Waals surface area contributed by atoms with Gasteiger partial charge in [0.1, 0.15) is 0 Å². The summed E-state index contributed by atoms with van der Waals surface area (Å²) in [6.07, 6.45) is 39.4. The van der Waals surface area contributed by atoms with E-state index in [4.69, 9.17) is 0 Å². The number of ketones is 1. The Balaban J connectivity index is 0.626. The van der Waals surface area contributed by atoms with Crippen LogP contribution in [0.4, 0.5) is 0 Å². The molecule has 648 valence electrons. The number of fused-ring (bicyclic) bond motifs is 1. The first-order valence-electron chi connectivity index (χ1n) is 46.0. The second-order valence-electron chi connectivity index (χ2n) is 36.0. The second-order valence-corrected chi connectivity index (χ2v) is 50.8. The monoisotopic (exact) mass is 1930 g/mol. The van der Waals surface area contributed by atoms with Crippen LogP contribution in [0.5, 0.6) is 0 Å². The molecule has 0 aliphatic heterocycles. The average Bonchev–Trinajstić information content (AvgIpc) is 1.32. The van der Waals surface area contributed by atoms with E-state index in [1.54, 1.807) is 22.3 Å². The molecule has 2 atom stereocenters. The summed E-state index contributed by atoms with van der Waals surface area (Å²) in [5, 5.41) is 6.57. The molecule has 4 aliphatic carbocycles. The van der Waals surface area contributed by atoms with E-state index in [1.165, 1.54) is 269 Å². The van der Waals surface area contributed by atoms with Crippen LogP contribution in [0.25, 0.3) is 139 Å². The summed E-state index contributed by atoms with van der Waals surface area (Å²) in [6, 6.07) is 71.2. The van der Waals surface area contributed by atoms with Gasteiger partial charge in [0.05, 0.1) is 0 Å². The van der Waals surface area contributed by atoms with Crippen molar-refractivity contribution in [3.05, 3.63) is 306 Å². The number of hydrogen-bond acceptors (Lipinski definition) is 15. The number of hydrogen-bond donors (Lipinski definition) is 0. The molecule has 15 heteroatoms. The number of Topliss-reactive ketones (excluding diaryl/α,β-unsaturated/α-hetero) is 1. The van der Waals surface area contributed by atoms with Gasteiger partial charge in [0.2, 0.25) is 0 Å². The van der Waals surface area contributed by atoms with Crippen molar-refractivity contribution >= 4 is 186 Å². The van der Waals surface area contributed by atoms with Gasteiger partial charge >= 0.3 is 0 Å². The Morgan fingerprint density at radius 3 is 1.02 bits per heavy atom. The maximum Gasteiger partial charge on any atom is 0.193 e. The predicted molar refractivity (Wildman–Crippen MR) is 579 cm³/mol. The minimum absolute atomic E-state index is 0.0444. The Morgan fingerprint density at radius 2 is 0.641 bits per heavy atom. The minimum atomic E-state index is -0.544. The molecule has 0 spiro atoms. The van der Waals surface area contributed by atoms with Crippen LogP contribution in [0.1, 0.15) is 207 Å². The summed E-state index contributed by atoms with van der Waals surface area (Å²) in [6.45, 7) is 21.5. The van der Waals surface area contributed by atoms with Gasteiger partial charge < -0.3 is 0 Å².